The summed E-state index contributed by atoms with van der Waals surface area (Å²) in [7, 11) is 3.22. The zero-order valence-corrected chi connectivity index (χ0v) is 13.9. The molecule has 3 rings (SSSR count). The number of nitrogens with one attached hydrogen (secondary N) is 1. The summed E-state index contributed by atoms with van der Waals surface area (Å²) in [5, 5.41) is 10.1. The van der Waals surface area contributed by atoms with Crippen molar-refractivity contribution in [1.29, 1.82) is 0 Å². The summed E-state index contributed by atoms with van der Waals surface area (Å²) in [6.45, 7) is 1.82. The molecular formula is C16H16FN5O3. The highest BCUT2D eigenvalue weighted by Gasteiger charge is 2.26. The molecule has 0 saturated carbocycles. The number of hydrogen-bond acceptors (Lipinski definition) is 5. The Balaban J connectivity index is 2.15. The smallest absolute Gasteiger partial charge is 0.357 e. The van der Waals surface area contributed by atoms with Crippen LogP contribution in [0.1, 0.15) is 27.9 Å². The lowest BCUT2D eigenvalue weighted by Crippen LogP contribution is -2.17. The summed E-state index contributed by atoms with van der Waals surface area (Å²) in [6, 6.07) is 4.44. The number of hydrogen-bond donors (Lipinski definition) is 1. The molecule has 1 N–H and O–H groups in total. The maximum atomic E-state index is 14.4. The van der Waals surface area contributed by atoms with Crippen molar-refractivity contribution in [3.8, 4) is 0 Å². The van der Waals surface area contributed by atoms with E-state index in [9.17, 15) is 14.0 Å². The second kappa shape index (κ2) is 6.34. The Morgan fingerprint density at radius 1 is 1.32 bits per heavy atom. The molecule has 0 fully saturated rings. The highest BCUT2D eigenvalue weighted by Crippen LogP contribution is 2.33. The summed E-state index contributed by atoms with van der Waals surface area (Å²) in [5.41, 5.74) is 0.604. The lowest BCUT2D eigenvalue weighted by Gasteiger charge is -2.08. The van der Waals surface area contributed by atoms with Gasteiger partial charge >= 0.3 is 5.97 Å². The van der Waals surface area contributed by atoms with Gasteiger partial charge in [0.05, 0.1) is 29.4 Å². The Labute approximate surface area is 142 Å². The molecule has 0 aliphatic rings. The number of aromatic nitrogens is 4. The van der Waals surface area contributed by atoms with E-state index in [2.05, 4.69) is 15.6 Å². The number of ether oxygens (including phenoxy) is 1. The number of carbonyl (C=O) groups is 2. The van der Waals surface area contributed by atoms with Gasteiger partial charge in [-0.25, -0.2) is 9.18 Å². The standard InChI is InChI=1S/C16H16FN5O3/c1-4-25-16(24)14-13(18-15(23)10-8-21(2)20-19-10)12-9(17)6-5-7-11(12)22(14)3/h5-8H,4H2,1-3H3,(H,18,23). The summed E-state index contributed by atoms with van der Waals surface area (Å²) in [5.74, 6) is -1.82. The second-order valence-electron chi connectivity index (χ2n) is 5.37. The number of carbonyl (C=O) groups excluding carboxylic acids is 2. The van der Waals surface area contributed by atoms with Crippen molar-refractivity contribution in [2.75, 3.05) is 11.9 Å². The van der Waals surface area contributed by atoms with Gasteiger partial charge in [0.2, 0.25) is 0 Å². The monoisotopic (exact) mass is 345 g/mol. The van der Waals surface area contributed by atoms with Crippen LogP contribution in [0.5, 0.6) is 0 Å². The van der Waals surface area contributed by atoms with Gasteiger partial charge in [0.1, 0.15) is 5.82 Å². The minimum Gasteiger partial charge on any atom is -0.461 e. The molecule has 0 atom stereocenters. The van der Waals surface area contributed by atoms with Crippen molar-refractivity contribution < 1.29 is 18.7 Å². The fourth-order valence-electron chi connectivity index (χ4n) is 2.64. The quantitative estimate of drug-likeness (QED) is 0.729. The first kappa shape index (κ1) is 16.6. The molecule has 0 unspecified atom stereocenters. The van der Waals surface area contributed by atoms with Crippen LogP contribution in [0, 0.1) is 5.82 Å². The van der Waals surface area contributed by atoms with E-state index >= 15 is 0 Å². The Morgan fingerprint density at radius 2 is 2.08 bits per heavy atom. The van der Waals surface area contributed by atoms with Gasteiger partial charge < -0.3 is 14.6 Å². The average Bonchev–Trinajstić information content (AvgIpc) is 3.11. The second-order valence-corrected chi connectivity index (χ2v) is 5.37. The molecule has 3 aromatic rings. The van der Waals surface area contributed by atoms with Gasteiger partial charge in [0.25, 0.3) is 5.91 Å². The maximum Gasteiger partial charge on any atom is 0.357 e. The van der Waals surface area contributed by atoms with Crippen LogP contribution in [-0.4, -0.2) is 38.0 Å². The number of nitrogens with zero attached hydrogens (tertiary/aromatic N) is 4. The summed E-state index contributed by atoms with van der Waals surface area (Å²) >= 11 is 0. The van der Waals surface area contributed by atoms with E-state index in [4.69, 9.17) is 4.74 Å². The van der Waals surface area contributed by atoms with Crippen LogP contribution in [0.15, 0.2) is 24.4 Å². The lowest BCUT2D eigenvalue weighted by atomic mass is 10.2. The SMILES string of the molecule is CCOC(=O)c1c(NC(=O)c2cn(C)nn2)c2c(F)cccc2n1C. The van der Waals surface area contributed by atoms with Gasteiger partial charge in [-0.3, -0.25) is 9.48 Å². The van der Waals surface area contributed by atoms with E-state index in [1.54, 1.807) is 27.1 Å². The molecule has 1 aromatic carbocycles. The van der Waals surface area contributed by atoms with Crippen LogP contribution >= 0.6 is 0 Å². The molecule has 0 radical (unpaired) electrons. The van der Waals surface area contributed by atoms with E-state index in [0.717, 1.165) is 0 Å². The number of amides is 1. The molecular weight excluding hydrogens is 329 g/mol. The van der Waals surface area contributed by atoms with Gasteiger partial charge in [-0.1, -0.05) is 11.3 Å². The van der Waals surface area contributed by atoms with Crippen LogP contribution in [0.3, 0.4) is 0 Å². The minimum atomic E-state index is -0.657. The molecule has 8 nitrogen and oxygen atoms in total. The molecule has 0 bridgehead atoms. The largest absolute Gasteiger partial charge is 0.461 e. The number of aryl methyl sites for hydroxylation is 2. The maximum absolute atomic E-state index is 14.4. The van der Waals surface area contributed by atoms with Crippen LogP contribution < -0.4 is 5.32 Å². The first-order valence-electron chi connectivity index (χ1n) is 7.55. The number of esters is 1. The summed E-state index contributed by atoms with van der Waals surface area (Å²) in [4.78, 5) is 24.8. The van der Waals surface area contributed by atoms with Crippen molar-refractivity contribution in [3.63, 3.8) is 0 Å². The number of rotatable bonds is 4. The van der Waals surface area contributed by atoms with E-state index in [-0.39, 0.29) is 29.1 Å². The Morgan fingerprint density at radius 3 is 2.72 bits per heavy atom. The van der Waals surface area contributed by atoms with E-state index in [1.807, 2.05) is 0 Å². The third-order valence-corrected chi connectivity index (χ3v) is 3.72. The van der Waals surface area contributed by atoms with Crippen LogP contribution in [0.25, 0.3) is 10.9 Å². The van der Waals surface area contributed by atoms with Crippen LogP contribution in [-0.2, 0) is 18.8 Å². The van der Waals surface area contributed by atoms with Gasteiger partial charge in [-0.2, -0.15) is 0 Å². The number of fused-ring (bicyclic) bond motifs is 1. The fourth-order valence-corrected chi connectivity index (χ4v) is 2.64. The first-order valence-corrected chi connectivity index (χ1v) is 7.55. The molecule has 1 amide bonds. The minimum absolute atomic E-state index is 0.0460. The van der Waals surface area contributed by atoms with E-state index in [1.165, 1.54) is 27.6 Å². The Kier molecular flexibility index (Phi) is 4.22. The van der Waals surface area contributed by atoms with Gasteiger partial charge in [-0.05, 0) is 19.1 Å². The van der Waals surface area contributed by atoms with E-state index in [0.29, 0.717) is 5.52 Å². The molecule has 0 spiro atoms. The summed E-state index contributed by atoms with van der Waals surface area (Å²) in [6.07, 6.45) is 1.42. The van der Waals surface area contributed by atoms with Crippen LogP contribution in [0.4, 0.5) is 10.1 Å². The number of halogens is 1. The molecule has 2 heterocycles. The van der Waals surface area contributed by atoms with Gasteiger partial charge in [0, 0.05) is 14.1 Å². The van der Waals surface area contributed by atoms with Crippen molar-refractivity contribution in [3.05, 3.63) is 41.6 Å². The Bertz CT molecular complexity index is 976. The van der Waals surface area contributed by atoms with E-state index < -0.39 is 17.7 Å². The zero-order valence-electron chi connectivity index (χ0n) is 13.9. The van der Waals surface area contributed by atoms with Crippen molar-refractivity contribution in [1.82, 2.24) is 19.6 Å². The highest BCUT2D eigenvalue weighted by atomic mass is 19.1. The fraction of sp³-hybridized carbons (Fsp3) is 0.250. The lowest BCUT2D eigenvalue weighted by molar-refractivity contribution is 0.0517. The predicted molar refractivity (Wildman–Crippen MR) is 87.8 cm³/mol. The average molecular weight is 345 g/mol. The molecule has 0 saturated heterocycles. The van der Waals surface area contributed by atoms with Gasteiger partial charge in [0.15, 0.2) is 11.4 Å². The molecule has 0 aliphatic carbocycles. The molecule has 25 heavy (non-hydrogen) atoms. The molecule has 0 aliphatic heterocycles. The third-order valence-electron chi connectivity index (χ3n) is 3.72. The number of benzene rings is 1. The zero-order chi connectivity index (χ0) is 18.1. The van der Waals surface area contributed by atoms with Gasteiger partial charge in [-0.15, -0.1) is 5.10 Å². The molecule has 2 aromatic heterocycles. The molecule has 130 valence electrons. The third kappa shape index (κ3) is 2.84. The highest BCUT2D eigenvalue weighted by molar-refractivity contribution is 6.14. The first-order chi connectivity index (χ1) is 11.9. The van der Waals surface area contributed by atoms with Crippen molar-refractivity contribution >= 4 is 28.5 Å². The van der Waals surface area contributed by atoms with Crippen LogP contribution in [0.2, 0.25) is 0 Å². The van der Waals surface area contributed by atoms with Crippen molar-refractivity contribution in [2.24, 2.45) is 14.1 Å². The number of anilines is 1. The predicted octanol–water partition coefficient (Wildman–Crippen LogP) is 1.87. The Hall–Kier alpha value is -3.23. The summed E-state index contributed by atoms with van der Waals surface area (Å²) < 4.78 is 22.3. The topological polar surface area (TPSA) is 91.0 Å². The molecule has 9 heteroatoms. The normalized spacial score (nSPS) is 10.9. The van der Waals surface area contributed by atoms with Crippen molar-refractivity contribution in [2.45, 2.75) is 6.92 Å².